The Balaban J connectivity index is 1.45. The fraction of sp³-hybridized carbons (Fsp3) is 0.278. The maximum atomic E-state index is 12.0. The zero-order chi connectivity index (χ0) is 17.2. The normalized spacial score (nSPS) is 14.3. The summed E-state index contributed by atoms with van der Waals surface area (Å²) in [6.07, 6.45) is 6.24. The third kappa shape index (κ3) is 3.30. The van der Waals surface area contributed by atoms with E-state index in [2.05, 4.69) is 15.3 Å². The van der Waals surface area contributed by atoms with Crippen molar-refractivity contribution in [2.45, 2.75) is 31.9 Å². The van der Waals surface area contributed by atoms with E-state index >= 15 is 0 Å². The highest BCUT2D eigenvalue weighted by Crippen LogP contribution is 2.30. The molecule has 1 saturated carbocycles. The summed E-state index contributed by atoms with van der Waals surface area (Å²) in [5.74, 6) is 0.703. The molecular formula is C18H16ClN3O3. The lowest BCUT2D eigenvalue weighted by Crippen LogP contribution is -2.39. The number of oxazole rings is 1. The lowest BCUT2D eigenvalue weighted by molar-refractivity contribution is 0.0911. The Hall–Kier alpha value is -2.60. The van der Waals surface area contributed by atoms with Crippen LogP contribution in [-0.4, -0.2) is 21.9 Å². The van der Waals surface area contributed by atoms with Gasteiger partial charge in [0.2, 0.25) is 5.89 Å². The van der Waals surface area contributed by atoms with Crippen LogP contribution in [0.25, 0.3) is 10.9 Å². The van der Waals surface area contributed by atoms with E-state index in [1.807, 2.05) is 12.1 Å². The number of benzene rings is 1. The van der Waals surface area contributed by atoms with Crippen molar-refractivity contribution in [1.29, 1.82) is 0 Å². The lowest BCUT2D eigenvalue weighted by Gasteiger charge is -2.25. The van der Waals surface area contributed by atoms with Gasteiger partial charge in [-0.2, -0.15) is 0 Å². The highest BCUT2D eigenvalue weighted by Gasteiger charge is 2.22. The molecule has 1 aromatic carbocycles. The van der Waals surface area contributed by atoms with E-state index in [0.29, 0.717) is 22.2 Å². The number of carbonyl (C=O) groups excluding carboxylic acids is 1. The first-order valence-corrected chi connectivity index (χ1v) is 8.50. The second kappa shape index (κ2) is 6.72. The van der Waals surface area contributed by atoms with Gasteiger partial charge in [0, 0.05) is 17.6 Å². The molecule has 128 valence electrons. The fourth-order valence-electron chi connectivity index (χ4n) is 2.66. The number of carbonyl (C=O) groups is 1. The number of hydrogen-bond acceptors (Lipinski definition) is 5. The fourth-order valence-corrected chi connectivity index (χ4v) is 2.88. The van der Waals surface area contributed by atoms with Crippen LogP contribution < -0.4 is 10.1 Å². The molecule has 2 heterocycles. The first-order chi connectivity index (χ1) is 12.2. The summed E-state index contributed by atoms with van der Waals surface area (Å²) >= 11 is 6.17. The minimum absolute atomic E-state index is 0.101. The van der Waals surface area contributed by atoms with Crippen LogP contribution in [0, 0.1) is 0 Å². The molecular weight excluding hydrogens is 342 g/mol. The first kappa shape index (κ1) is 15.9. The molecule has 1 fully saturated rings. The summed E-state index contributed by atoms with van der Waals surface area (Å²) in [4.78, 5) is 20.5. The van der Waals surface area contributed by atoms with Gasteiger partial charge in [0.1, 0.15) is 17.5 Å². The van der Waals surface area contributed by atoms with E-state index in [1.54, 1.807) is 18.3 Å². The predicted molar refractivity (Wildman–Crippen MR) is 92.7 cm³/mol. The molecule has 4 rings (SSSR count). The van der Waals surface area contributed by atoms with Crippen LogP contribution >= 0.6 is 11.6 Å². The molecule has 0 atom stereocenters. The summed E-state index contributed by atoms with van der Waals surface area (Å²) in [6, 6.07) is 7.47. The van der Waals surface area contributed by atoms with E-state index < -0.39 is 0 Å². The molecule has 0 spiro atoms. The molecule has 0 saturated heterocycles. The number of nitrogens with zero attached hydrogens (tertiary/aromatic N) is 2. The SMILES string of the molecule is O=C(NC1CCC1)c1coc(COc2ccc(Cl)c3cccnc23)n1. The minimum atomic E-state index is -0.210. The zero-order valence-corrected chi connectivity index (χ0v) is 14.1. The van der Waals surface area contributed by atoms with Crippen LogP contribution in [0.2, 0.25) is 5.02 Å². The van der Waals surface area contributed by atoms with E-state index in [0.717, 1.165) is 24.6 Å². The average molecular weight is 358 g/mol. The van der Waals surface area contributed by atoms with Crippen LogP contribution in [0.1, 0.15) is 35.6 Å². The van der Waals surface area contributed by atoms with Crippen LogP contribution in [0.5, 0.6) is 5.75 Å². The van der Waals surface area contributed by atoms with E-state index in [1.165, 1.54) is 6.26 Å². The maximum absolute atomic E-state index is 12.0. The van der Waals surface area contributed by atoms with Gasteiger partial charge in [0.25, 0.3) is 5.91 Å². The van der Waals surface area contributed by atoms with Gasteiger partial charge in [-0.15, -0.1) is 0 Å². The monoisotopic (exact) mass is 357 g/mol. The van der Waals surface area contributed by atoms with Crippen molar-refractivity contribution in [3.63, 3.8) is 0 Å². The van der Waals surface area contributed by atoms with Gasteiger partial charge in [-0.3, -0.25) is 9.78 Å². The Bertz CT molecular complexity index is 921. The third-order valence-corrected chi connectivity index (χ3v) is 4.58. The highest BCUT2D eigenvalue weighted by molar-refractivity contribution is 6.35. The van der Waals surface area contributed by atoms with Crippen molar-refractivity contribution in [2.24, 2.45) is 0 Å². The molecule has 0 radical (unpaired) electrons. The predicted octanol–water partition coefficient (Wildman–Crippen LogP) is 3.74. The largest absolute Gasteiger partial charge is 0.482 e. The highest BCUT2D eigenvalue weighted by atomic mass is 35.5. The number of aromatic nitrogens is 2. The van der Waals surface area contributed by atoms with Crippen molar-refractivity contribution in [3.05, 3.63) is 53.3 Å². The second-order valence-electron chi connectivity index (χ2n) is 5.96. The summed E-state index contributed by atoms with van der Waals surface area (Å²) < 4.78 is 11.1. The number of halogens is 1. The Labute approximate surface area is 149 Å². The summed E-state index contributed by atoms with van der Waals surface area (Å²) in [7, 11) is 0. The number of hydrogen-bond donors (Lipinski definition) is 1. The van der Waals surface area contributed by atoms with Gasteiger partial charge in [0.05, 0.1) is 5.02 Å². The number of pyridine rings is 1. The van der Waals surface area contributed by atoms with Gasteiger partial charge >= 0.3 is 0 Å². The maximum Gasteiger partial charge on any atom is 0.273 e. The molecule has 1 N–H and O–H groups in total. The Morgan fingerprint density at radius 3 is 3.04 bits per heavy atom. The topological polar surface area (TPSA) is 77.2 Å². The Kier molecular flexibility index (Phi) is 4.28. The smallest absolute Gasteiger partial charge is 0.273 e. The van der Waals surface area contributed by atoms with Gasteiger partial charge < -0.3 is 14.5 Å². The minimum Gasteiger partial charge on any atom is -0.482 e. The number of amides is 1. The van der Waals surface area contributed by atoms with Crippen LogP contribution in [0.15, 0.2) is 41.1 Å². The average Bonchev–Trinajstić information content (AvgIpc) is 3.07. The van der Waals surface area contributed by atoms with Crippen LogP contribution in [0.4, 0.5) is 0 Å². The van der Waals surface area contributed by atoms with Gasteiger partial charge in [-0.05, 0) is 43.5 Å². The molecule has 1 amide bonds. The van der Waals surface area contributed by atoms with Gasteiger partial charge in [-0.1, -0.05) is 11.6 Å². The second-order valence-corrected chi connectivity index (χ2v) is 6.37. The molecule has 25 heavy (non-hydrogen) atoms. The van der Waals surface area contributed by atoms with Gasteiger partial charge in [-0.25, -0.2) is 4.98 Å². The molecule has 0 bridgehead atoms. The van der Waals surface area contributed by atoms with Crippen molar-refractivity contribution in [1.82, 2.24) is 15.3 Å². The summed E-state index contributed by atoms with van der Waals surface area (Å²) in [5.41, 5.74) is 0.939. The first-order valence-electron chi connectivity index (χ1n) is 8.12. The molecule has 0 aliphatic heterocycles. The van der Waals surface area contributed by atoms with E-state index in [4.69, 9.17) is 20.8 Å². The number of fused-ring (bicyclic) bond motifs is 1. The van der Waals surface area contributed by atoms with Crippen LogP contribution in [-0.2, 0) is 6.61 Å². The molecule has 3 aromatic rings. The molecule has 7 heteroatoms. The Morgan fingerprint density at radius 1 is 1.36 bits per heavy atom. The molecule has 1 aliphatic rings. The quantitative estimate of drug-likeness (QED) is 0.752. The van der Waals surface area contributed by atoms with Crippen molar-refractivity contribution in [2.75, 3.05) is 0 Å². The standard InChI is InChI=1S/C18H16ClN3O3/c19-13-6-7-15(17-12(13)5-2-8-20-17)24-10-16-22-14(9-25-16)18(23)21-11-3-1-4-11/h2,5-9,11H,1,3-4,10H2,(H,21,23). The van der Waals surface area contributed by atoms with Crippen molar-refractivity contribution >= 4 is 28.4 Å². The van der Waals surface area contributed by atoms with Crippen molar-refractivity contribution < 1.29 is 13.9 Å². The van der Waals surface area contributed by atoms with Crippen LogP contribution in [0.3, 0.4) is 0 Å². The number of rotatable bonds is 5. The van der Waals surface area contributed by atoms with E-state index in [-0.39, 0.29) is 24.2 Å². The third-order valence-electron chi connectivity index (χ3n) is 4.26. The molecule has 2 aromatic heterocycles. The zero-order valence-electron chi connectivity index (χ0n) is 13.4. The lowest BCUT2D eigenvalue weighted by atomic mass is 9.93. The van der Waals surface area contributed by atoms with Gasteiger partial charge in [0.15, 0.2) is 12.3 Å². The summed E-state index contributed by atoms with van der Waals surface area (Å²) in [5, 5.41) is 4.35. The molecule has 0 unspecified atom stereocenters. The number of nitrogens with one attached hydrogen (secondary N) is 1. The summed E-state index contributed by atoms with van der Waals surface area (Å²) in [6.45, 7) is 0.101. The molecule has 1 aliphatic carbocycles. The number of ether oxygens (including phenoxy) is 1. The Morgan fingerprint density at radius 2 is 2.24 bits per heavy atom. The van der Waals surface area contributed by atoms with Crippen molar-refractivity contribution in [3.8, 4) is 5.75 Å². The van der Waals surface area contributed by atoms with E-state index in [9.17, 15) is 4.79 Å². The molecule has 6 nitrogen and oxygen atoms in total.